The second-order valence-electron chi connectivity index (χ2n) is 5.22. The molecule has 0 unspecified atom stereocenters. The van der Waals surface area contributed by atoms with Crippen LogP contribution in [-0.4, -0.2) is 23.1 Å². The summed E-state index contributed by atoms with van der Waals surface area (Å²) in [6.45, 7) is 0.388. The number of amides is 1. The fourth-order valence-corrected chi connectivity index (χ4v) is 3.15. The lowest BCUT2D eigenvalue weighted by atomic mass is 10.1. The van der Waals surface area contributed by atoms with E-state index in [0.717, 1.165) is 22.5 Å². The highest BCUT2D eigenvalue weighted by Gasteiger charge is 2.16. The van der Waals surface area contributed by atoms with Gasteiger partial charge in [-0.2, -0.15) is 0 Å². The molecule has 0 radical (unpaired) electrons. The largest absolute Gasteiger partial charge is 0.350 e. The molecule has 118 valence electrons. The number of carbonyl (C=O) groups is 1. The first kappa shape index (κ1) is 16.2. The highest BCUT2D eigenvalue weighted by atomic mass is 35.5. The van der Waals surface area contributed by atoms with Crippen LogP contribution in [0.2, 0.25) is 15.2 Å². The van der Waals surface area contributed by atoms with E-state index in [-0.39, 0.29) is 12.3 Å². The van der Waals surface area contributed by atoms with E-state index in [9.17, 15) is 4.79 Å². The Labute approximate surface area is 148 Å². The molecule has 1 amide bonds. The molecular formula is C16H12Cl3N3O. The van der Waals surface area contributed by atoms with Crippen LogP contribution in [0.1, 0.15) is 11.1 Å². The summed E-state index contributed by atoms with van der Waals surface area (Å²) in [7, 11) is 0. The van der Waals surface area contributed by atoms with E-state index in [4.69, 9.17) is 34.8 Å². The molecule has 23 heavy (non-hydrogen) atoms. The minimum absolute atomic E-state index is 0.113. The molecule has 0 fully saturated rings. The Morgan fingerprint density at radius 1 is 1.13 bits per heavy atom. The number of pyridine rings is 1. The third kappa shape index (κ3) is 4.22. The molecule has 1 aromatic heterocycles. The Bertz CT molecular complexity index is 785. The molecule has 7 heteroatoms. The standard InChI is InChI=1S/C16H12Cl3N3O/c17-11-1-9(2-12(18)6-11)3-16(23)21-7-13-4-10-5-15(19)20-8-14(10)22-13/h1-2,5-6,8H,3-4,7H2,(H,21,23). The Balaban J connectivity index is 1.56. The number of benzene rings is 1. The number of carbonyl (C=O) groups excluding carboxylic acids is 1. The molecular weight excluding hydrogens is 357 g/mol. The molecule has 0 saturated carbocycles. The smallest absolute Gasteiger partial charge is 0.224 e. The first-order chi connectivity index (χ1) is 11.0. The average Bonchev–Trinajstić information content (AvgIpc) is 2.86. The summed E-state index contributed by atoms with van der Waals surface area (Å²) in [5, 5.41) is 4.33. The minimum atomic E-state index is -0.113. The highest BCUT2D eigenvalue weighted by molar-refractivity contribution is 6.34. The molecule has 1 N–H and O–H groups in total. The van der Waals surface area contributed by atoms with Gasteiger partial charge in [-0.25, -0.2) is 4.98 Å². The number of hydrogen-bond acceptors (Lipinski definition) is 3. The van der Waals surface area contributed by atoms with E-state index in [1.54, 1.807) is 30.5 Å². The van der Waals surface area contributed by atoms with Gasteiger partial charge in [-0.05, 0) is 35.4 Å². The van der Waals surface area contributed by atoms with Crippen LogP contribution in [-0.2, 0) is 17.6 Å². The molecule has 0 aliphatic carbocycles. The zero-order valence-corrected chi connectivity index (χ0v) is 14.2. The second kappa shape index (κ2) is 6.87. The number of fused-ring (bicyclic) bond motifs is 1. The molecule has 1 aliphatic heterocycles. The third-order valence-corrected chi connectivity index (χ3v) is 4.03. The summed E-state index contributed by atoms with van der Waals surface area (Å²) in [6, 6.07) is 6.88. The van der Waals surface area contributed by atoms with E-state index in [2.05, 4.69) is 15.3 Å². The van der Waals surface area contributed by atoms with Gasteiger partial charge >= 0.3 is 0 Å². The Morgan fingerprint density at radius 2 is 1.87 bits per heavy atom. The van der Waals surface area contributed by atoms with Crippen molar-refractivity contribution in [1.29, 1.82) is 0 Å². The van der Waals surface area contributed by atoms with Gasteiger partial charge in [0.2, 0.25) is 5.91 Å². The van der Waals surface area contributed by atoms with E-state index in [1.807, 2.05) is 0 Å². The maximum Gasteiger partial charge on any atom is 0.224 e. The van der Waals surface area contributed by atoms with E-state index >= 15 is 0 Å². The molecule has 0 bridgehead atoms. The number of halogens is 3. The number of nitrogens with one attached hydrogen (secondary N) is 1. The number of rotatable bonds is 4. The van der Waals surface area contributed by atoms with E-state index in [0.29, 0.717) is 28.2 Å². The van der Waals surface area contributed by atoms with Crippen LogP contribution in [0.15, 0.2) is 35.5 Å². The lowest BCUT2D eigenvalue weighted by Gasteiger charge is -2.06. The number of hydrogen-bond donors (Lipinski definition) is 1. The average molecular weight is 369 g/mol. The number of nitrogens with zero attached hydrogens (tertiary/aromatic N) is 2. The van der Waals surface area contributed by atoms with Crippen molar-refractivity contribution in [2.75, 3.05) is 6.54 Å². The first-order valence-electron chi connectivity index (χ1n) is 6.92. The first-order valence-corrected chi connectivity index (χ1v) is 8.05. The lowest BCUT2D eigenvalue weighted by molar-refractivity contribution is -0.120. The summed E-state index contributed by atoms with van der Waals surface area (Å²) in [4.78, 5) is 20.5. The van der Waals surface area contributed by atoms with Gasteiger partial charge in [0, 0.05) is 22.2 Å². The maximum absolute atomic E-state index is 12.0. The quantitative estimate of drug-likeness (QED) is 0.828. The van der Waals surface area contributed by atoms with Crippen molar-refractivity contribution in [2.45, 2.75) is 12.8 Å². The summed E-state index contributed by atoms with van der Waals surface area (Å²) >= 11 is 17.7. The topological polar surface area (TPSA) is 54.4 Å². The van der Waals surface area contributed by atoms with Crippen LogP contribution >= 0.6 is 34.8 Å². The summed E-state index contributed by atoms with van der Waals surface area (Å²) < 4.78 is 0. The summed E-state index contributed by atoms with van der Waals surface area (Å²) in [6.07, 6.45) is 2.52. The third-order valence-electron chi connectivity index (χ3n) is 3.38. The van der Waals surface area contributed by atoms with Gasteiger partial charge in [-0.1, -0.05) is 34.8 Å². The highest BCUT2D eigenvalue weighted by Crippen LogP contribution is 2.27. The Kier molecular flexibility index (Phi) is 4.85. The molecule has 2 aromatic rings. The molecule has 4 nitrogen and oxygen atoms in total. The zero-order chi connectivity index (χ0) is 16.4. The SMILES string of the molecule is O=C(Cc1cc(Cl)cc(Cl)c1)NCC1=Nc2cnc(Cl)cc2C1. The van der Waals surface area contributed by atoms with Crippen LogP contribution in [0.5, 0.6) is 0 Å². The van der Waals surface area contributed by atoms with Crippen molar-refractivity contribution < 1.29 is 4.79 Å². The predicted octanol–water partition coefficient (Wildman–Crippen LogP) is 4.03. The number of aromatic nitrogens is 1. The second-order valence-corrected chi connectivity index (χ2v) is 6.48. The predicted molar refractivity (Wildman–Crippen MR) is 93.2 cm³/mol. The zero-order valence-electron chi connectivity index (χ0n) is 11.9. The van der Waals surface area contributed by atoms with Gasteiger partial charge in [-0.15, -0.1) is 0 Å². The Morgan fingerprint density at radius 3 is 2.61 bits per heavy atom. The molecule has 1 aromatic carbocycles. The van der Waals surface area contributed by atoms with Crippen molar-refractivity contribution in [3.05, 3.63) is 56.8 Å². The van der Waals surface area contributed by atoms with Crippen LogP contribution in [0, 0.1) is 0 Å². The van der Waals surface area contributed by atoms with Gasteiger partial charge in [0.15, 0.2) is 0 Å². The summed E-state index contributed by atoms with van der Waals surface area (Å²) in [5.41, 5.74) is 3.48. The van der Waals surface area contributed by atoms with Gasteiger partial charge < -0.3 is 5.32 Å². The van der Waals surface area contributed by atoms with Crippen LogP contribution < -0.4 is 5.32 Å². The van der Waals surface area contributed by atoms with Gasteiger partial charge in [0.25, 0.3) is 0 Å². The van der Waals surface area contributed by atoms with Crippen molar-refractivity contribution in [3.8, 4) is 0 Å². The monoisotopic (exact) mass is 367 g/mol. The van der Waals surface area contributed by atoms with Gasteiger partial charge in [0.05, 0.1) is 24.8 Å². The van der Waals surface area contributed by atoms with E-state index < -0.39 is 0 Å². The van der Waals surface area contributed by atoms with Crippen molar-refractivity contribution in [2.24, 2.45) is 4.99 Å². The molecule has 3 rings (SSSR count). The molecule has 0 saturated heterocycles. The van der Waals surface area contributed by atoms with E-state index in [1.165, 1.54) is 0 Å². The normalized spacial score (nSPS) is 12.7. The Hall–Kier alpha value is -1.62. The van der Waals surface area contributed by atoms with Crippen LogP contribution in [0.3, 0.4) is 0 Å². The van der Waals surface area contributed by atoms with Crippen LogP contribution in [0.4, 0.5) is 5.69 Å². The lowest BCUT2D eigenvalue weighted by Crippen LogP contribution is -2.30. The van der Waals surface area contributed by atoms with Gasteiger partial charge in [-0.3, -0.25) is 9.79 Å². The van der Waals surface area contributed by atoms with Crippen molar-refractivity contribution in [1.82, 2.24) is 10.3 Å². The van der Waals surface area contributed by atoms with Crippen molar-refractivity contribution >= 4 is 52.1 Å². The molecule has 1 aliphatic rings. The summed E-state index contributed by atoms with van der Waals surface area (Å²) in [5.74, 6) is -0.113. The molecule has 0 atom stereocenters. The molecule has 2 heterocycles. The van der Waals surface area contributed by atoms with Crippen molar-refractivity contribution in [3.63, 3.8) is 0 Å². The molecule has 0 spiro atoms. The fourth-order valence-electron chi connectivity index (χ4n) is 2.40. The minimum Gasteiger partial charge on any atom is -0.350 e. The number of aliphatic imine (C=N–C) groups is 1. The van der Waals surface area contributed by atoms with Crippen LogP contribution in [0.25, 0.3) is 0 Å². The maximum atomic E-state index is 12.0. The fraction of sp³-hybridized carbons (Fsp3) is 0.188. The van der Waals surface area contributed by atoms with Gasteiger partial charge in [0.1, 0.15) is 5.15 Å².